The van der Waals surface area contributed by atoms with E-state index in [1.807, 2.05) is 0 Å². The average molecular weight is 230 g/mol. The maximum absolute atomic E-state index is 11.2. The number of hydrogen-bond donors (Lipinski definition) is 1. The fraction of sp³-hybridized carbons (Fsp3) is 0.600. The van der Waals surface area contributed by atoms with Crippen LogP contribution >= 0.6 is 0 Å². The zero-order valence-electron chi connectivity index (χ0n) is 8.30. The predicted molar refractivity (Wildman–Crippen MR) is 55.2 cm³/mol. The van der Waals surface area contributed by atoms with Gasteiger partial charge in [-0.25, -0.2) is 8.42 Å². The molecule has 2 atom stereocenters. The van der Waals surface area contributed by atoms with E-state index >= 15 is 0 Å². The molecular formula is C10H14O4S. The second-order valence-corrected chi connectivity index (χ2v) is 6.24. The minimum atomic E-state index is -2.91. The van der Waals surface area contributed by atoms with Crippen molar-refractivity contribution in [1.29, 1.82) is 0 Å². The van der Waals surface area contributed by atoms with Gasteiger partial charge in [-0.15, -0.1) is 0 Å². The predicted octanol–water partition coefficient (Wildman–Crippen LogP) is 0.618. The molecule has 84 valence electrons. The van der Waals surface area contributed by atoms with E-state index < -0.39 is 15.9 Å². The third kappa shape index (κ3) is 2.60. The molecule has 1 aromatic heterocycles. The number of furan rings is 1. The van der Waals surface area contributed by atoms with Crippen LogP contribution in [-0.2, 0) is 16.3 Å². The summed E-state index contributed by atoms with van der Waals surface area (Å²) < 4.78 is 27.5. The summed E-state index contributed by atoms with van der Waals surface area (Å²) in [5.41, 5.74) is 0. The second-order valence-electron chi connectivity index (χ2n) is 4.01. The number of rotatable bonds is 3. The molecular weight excluding hydrogens is 216 g/mol. The van der Waals surface area contributed by atoms with Gasteiger partial charge in [-0.2, -0.15) is 0 Å². The van der Waals surface area contributed by atoms with E-state index in [2.05, 4.69) is 0 Å². The Bertz CT molecular complexity index is 407. The Balaban J connectivity index is 1.95. The zero-order valence-corrected chi connectivity index (χ0v) is 9.11. The smallest absolute Gasteiger partial charge is 0.150 e. The Labute approximate surface area is 88.8 Å². The van der Waals surface area contributed by atoms with Gasteiger partial charge < -0.3 is 9.52 Å². The molecule has 1 aromatic rings. The highest BCUT2D eigenvalue weighted by molar-refractivity contribution is 7.91. The van der Waals surface area contributed by atoms with Crippen LogP contribution < -0.4 is 0 Å². The molecule has 0 amide bonds. The van der Waals surface area contributed by atoms with Crippen molar-refractivity contribution >= 4 is 9.84 Å². The van der Waals surface area contributed by atoms with Crippen LogP contribution in [0.5, 0.6) is 0 Å². The topological polar surface area (TPSA) is 67.5 Å². The minimum Gasteiger partial charge on any atom is -0.469 e. The van der Waals surface area contributed by atoms with Crippen molar-refractivity contribution in [2.75, 3.05) is 11.5 Å². The summed E-state index contributed by atoms with van der Waals surface area (Å²) in [5.74, 6) is 0.869. The molecule has 1 N–H and O–H groups in total. The average Bonchev–Trinajstić information content (AvgIpc) is 2.74. The second kappa shape index (κ2) is 3.98. The first-order valence-corrected chi connectivity index (χ1v) is 6.80. The van der Waals surface area contributed by atoms with E-state index in [1.54, 1.807) is 18.4 Å². The normalized spacial score (nSPS) is 26.6. The summed E-state index contributed by atoms with van der Waals surface area (Å²) in [4.78, 5) is 0. The van der Waals surface area contributed by atoms with E-state index in [0.717, 1.165) is 0 Å². The van der Waals surface area contributed by atoms with Gasteiger partial charge in [0, 0.05) is 12.3 Å². The molecule has 1 aliphatic rings. The van der Waals surface area contributed by atoms with Gasteiger partial charge in [-0.1, -0.05) is 0 Å². The number of hydrogen-bond acceptors (Lipinski definition) is 4. The SMILES string of the molecule is O=S1(=O)CCC(C(O)Cc2ccco2)C1. The lowest BCUT2D eigenvalue weighted by Crippen LogP contribution is -2.23. The van der Waals surface area contributed by atoms with Crippen molar-refractivity contribution in [3.8, 4) is 0 Å². The van der Waals surface area contributed by atoms with Crippen molar-refractivity contribution in [2.24, 2.45) is 5.92 Å². The van der Waals surface area contributed by atoms with E-state index in [1.165, 1.54) is 0 Å². The molecule has 0 aliphatic carbocycles. The molecule has 1 aliphatic heterocycles. The van der Waals surface area contributed by atoms with Crippen LogP contribution in [0.15, 0.2) is 22.8 Å². The monoisotopic (exact) mass is 230 g/mol. The van der Waals surface area contributed by atoms with Crippen molar-refractivity contribution in [3.63, 3.8) is 0 Å². The fourth-order valence-electron chi connectivity index (χ4n) is 1.93. The summed E-state index contributed by atoms with van der Waals surface area (Å²) in [6, 6.07) is 3.54. The molecule has 2 rings (SSSR count). The van der Waals surface area contributed by atoms with Crippen LogP contribution in [0.2, 0.25) is 0 Å². The van der Waals surface area contributed by atoms with Gasteiger partial charge in [0.15, 0.2) is 9.84 Å². The van der Waals surface area contributed by atoms with Crippen molar-refractivity contribution in [2.45, 2.75) is 18.9 Å². The summed E-state index contributed by atoms with van der Waals surface area (Å²) in [7, 11) is -2.91. The first-order chi connectivity index (χ1) is 7.07. The molecule has 0 spiro atoms. The van der Waals surface area contributed by atoms with Crippen LogP contribution in [0.3, 0.4) is 0 Å². The maximum atomic E-state index is 11.2. The summed E-state index contributed by atoms with van der Waals surface area (Å²) in [5, 5.41) is 9.83. The largest absolute Gasteiger partial charge is 0.469 e. The summed E-state index contributed by atoms with van der Waals surface area (Å²) >= 11 is 0. The molecule has 2 heterocycles. The molecule has 0 radical (unpaired) electrons. The van der Waals surface area contributed by atoms with Gasteiger partial charge in [0.1, 0.15) is 5.76 Å². The van der Waals surface area contributed by atoms with Crippen LogP contribution in [-0.4, -0.2) is 31.1 Å². The van der Waals surface area contributed by atoms with Crippen molar-refractivity contribution in [1.82, 2.24) is 0 Å². The molecule has 0 aromatic carbocycles. The fourth-order valence-corrected chi connectivity index (χ4v) is 3.80. The van der Waals surface area contributed by atoms with Gasteiger partial charge in [-0.05, 0) is 18.6 Å². The minimum absolute atomic E-state index is 0.106. The van der Waals surface area contributed by atoms with Gasteiger partial charge in [0.25, 0.3) is 0 Å². The Morgan fingerprint density at radius 1 is 1.60 bits per heavy atom. The summed E-state index contributed by atoms with van der Waals surface area (Å²) in [6.45, 7) is 0. The molecule has 15 heavy (non-hydrogen) atoms. The zero-order chi connectivity index (χ0) is 10.9. The summed E-state index contributed by atoms with van der Waals surface area (Å²) in [6.07, 6.45) is 1.89. The molecule has 2 unspecified atom stereocenters. The van der Waals surface area contributed by atoms with E-state index in [-0.39, 0.29) is 17.4 Å². The highest BCUT2D eigenvalue weighted by atomic mass is 32.2. The lowest BCUT2D eigenvalue weighted by Gasteiger charge is -2.14. The molecule has 1 fully saturated rings. The third-order valence-corrected chi connectivity index (χ3v) is 4.60. The van der Waals surface area contributed by atoms with Gasteiger partial charge >= 0.3 is 0 Å². The Hall–Kier alpha value is -0.810. The molecule has 0 bridgehead atoms. The quantitative estimate of drug-likeness (QED) is 0.826. The molecule has 5 heteroatoms. The van der Waals surface area contributed by atoms with Crippen molar-refractivity contribution < 1.29 is 17.9 Å². The molecule has 4 nitrogen and oxygen atoms in total. The number of aliphatic hydroxyl groups is 1. The first-order valence-electron chi connectivity index (χ1n) is 4.98. The highest BCUT2D eigenvalue weighted by Crippen LogP contribution is 2.23. The molecule has 0 saturated carbocycles. The lowest BCUT2D eigenvalue weighted by molar-refractivity contribution is 0.114. The molecule has 1 saturated heterocycles. The standard InChI is InChI=1S/C10H14O4S/c11-10(6-9-2-1-4-14-9)8-3-5-15(12,13)7-8/h1-2,4,8,10-11H,3,5-7H2. The van der Waals surface area contributed by atoms with Crippen LogP contribution in [0.1, 0.15) is 12.2 Å². The lowest BCUT2D eigenvalue weighted by atomic mass is 9.98. The Kier molecular flexibility index (Phi) is 2.84. The number of aliphatic hydroxyl groups excluding tert-OH is 1. The number of sulfone groups is 1. The van der Waals surface area contributed by atoms with Crippen LogP contribution in [0.25, 0.3) is 0 Å². The van der Waals surface area contributed by atoms with Crippen LogP contribution in [0.4, 0.5) is 0 Å². The van der Waals surface area contributed by atoms with Crippen molar-refractivity contribution in [3.05, 3.63) is 24.2 Å². The van der Waals surface area contributed by atoms with Gasteiger partial charge in [0.05, 0.1) is 23.9 Å². The maximum Gasteiger partial charge on any atom is 0.150 e. The van der Waals surface area contributed by atoms with Crippen LogP contribution in [0, 0.1) is 5.92 Å². The van der Waals surface area contributed by atoms with E-state index in [9.17, 15) is 13.5 Å². The van der Waals surface area contributed by atoms with E-state index in [0.29, 0.717) is 18.6 Å². The first kappa shape index (κ1) is 10.7. The third-order valence-electron chi connectivity index (χ3n) is 2.80. The van der Waals surface area contributed by atoms with Gasteiger partial charge in [-0.3, -0.25) is 0 Å². The Morgan fingerprint density at radius 3 is 2.93 bits per heavy atom. The Morgan fingerprint density at radius 2 is 2.40 bits per heavy atom. The van der Waals surface area contributed by atoms with E-state index in [4.69, 9.17) is 4.42 Å². The van der Waals surface area contributed by atoms with Gasteiger partial charge in [0.2, 0.25) is 0 Å². The highest BCUT2D eigenvalue weighted by Gasteiger charge is 2.33.